The molecule has 0 atom stereocenters. The number of nitrogens with zero attached hydrogens (tertiary/aromatic N) is 5. The predicted molar refractivity (Wildman–Crippen MR) is 205 cm³/mol. The molecule has 1 aliphatic rings. The Balaban J connectivity index is 1.21. The van der Waals surface area contributed by atoms with E-state index in [1.165, 1.54) is 27.7 Å². The fraction of sp³-hybridized carbons (Fsp3) is 0.116. The molecule has 6 nitrogen and oxygen atoms in total. The summed E-state index contributed by atoms with van der Waals surface area (Å²) >= 11 is 0. The van der Waals surface area contributed by atoms with E-state index in [1.807, 2.05) is 60.7 Å². The van der Waals surface area contributed by atoms with Gasteiger partial charge in [-0.25, -0.2) is 9.97 Å². The minimum atomic E-state index is -0.169. The molecule has 8 aromatic rings. The normalized spacial score (nSPS) is 13.5. The minimum Gasteiger partial charge on any atom is -0.443 e. The first-order valence-electron chi connectivity index (χ1n) is 17.1. The van der Waals surface area contributed by atoms with Crippen LogP contribution in [0.5, 0.6) is 0 Å². The van der Waals surface area contributed by atoms with Gasteiger partial charge in [0.15, 0.2) is 30.9 Å². The summed E-state index contributed by atoms with van der Waals surface area (Å²) in [5, 5.41) is 1.15. The predicted octanol–water partition coefficient (Wildman–Crippen LogP) is 9.89. The van der Waals surface area contributed by atoms with Crippen LogP contribution in [0.3, 0.4) is 0 Å². The van der Waals surface area contributed by atoms with Crippen molar-refractivity contribution in [3.05, 3.63) is 150 Å². The molecule has 0 spiro atoms. The molecule has 0 saturated heterocycles. The van der Waals surface area contributed by atoms with Crippen LogP contribution in [0.1, 0.15) is 41.8 Å². The van der Waals surface area contributed by atoms with Crippen LogP contribution in [-0.4, -0.2) is 31.8 Å². The van der Waals surface area contributed by atoms with Crippen LogP contribution in [0.15, 0.2) is 126 Å². The molecular weight excluding hydrogens is 613 g/mol. The van der Waals surface area contributed by atoms with E-state index in [0.717, 1.165) is 57.2 Å². The lowest BCUT2D eigenvalue weighted by Crippen LogP contribution is -2.15. The monoisotopic (exact) mass is 647 g/mol. The summed E-state index contributed by atoms with van der Waals surface area (Å²) in [5.74, 6) is 1.88. The summed E-state index contributed by atoms with van der Waals surface area (Å²) in [7, 11) is 0.875. The van der Waals surface area contributed by atoms with E-state index in [0.29, 0.717) is 17.6 Å². The van der Waals surface area contributed by atoms with Crippen LogP contribution in [-0.2, 0) is 5.41 Å². The molecule has 0 aliphatic heterocycles. The average molecular weight is 648 g/mol. The van der Waals surface area contributed by atoms with Gasteiger partial charge in [-0.05, 0) is 41.3 Å². The van der Waals surface area contributed by atoms with Crippen molar-refractivity contribution >= 4 is 40.8 Å². The van der Waals surface area contributed by atoms with Crippen molar-refractivity contribution in [3.63, 3.8) is 0 Å². The molecule has 0 N–H and O–H groups in total. The molecule has 9 rings (SSSR count). The van der Waals surface area contributed by atoms with E-state index < -0.39 is 0 Å². The highest BCUT2D eigenvalue weighted by atomic mass is 16.3. The van der Waals surface area contributed by atoms with E-state index >= 15 is 0 Å². The van der Waals surface area contributed by atoms with Crippen LogP contribution in [0, 0.1) is 6.92 Å². The van der Waals surface area contributed by atoms with Gasteiger partial charge in [0.1, 0.15) is 5.52 Å². The molecule has 0 fully saturated rings. The molecule has 240 valence electrons. The van der Waals surface area contributed by atoms with Crippen molar-refractivity contribution in [2.24, 2.45) is 0 Å². The van der Waals surface area contributed by atoms with Crippen molar-refractivity contribution in [1.29, 1.82) is 0 Å². The number of hydrogen-bond acceptors (Lipinski definition) is 5. The highest BCUT2D eigenvalue weighted by Crippen LogP contribution is 2.51. The Bertz CT molecular complexity index is 2560. The number of fused-ring (bicyclic) bond motifs is 6. The number of para-hydroxylation sites is 1. The van der Waals surface area contributed by atoms with E-state index in [-0.39, 0.29) is 5.41 Å². The first-order chi connectivity index (χ1) is 24.4. The Morgan fingerprint density at radius 1 is 0.760 bits per heavy atom. The third-order valence-corrected chi connectivity index (χ3v) is 10.3. The molecule has 3 heterocycles. The van der Waals surface area contributed by atoms with Crippen LogP contribution >= 0.6 is 0 Å². The number of hydrogen-bond donors (Lipinski definition) is 0. The molecular formula is C43H34BN5O. The van der Waals surface area contributed by atoms with Gasteiger partial charge in [0.05, 0.1) is 5.52 Å². The van der Waals surface area contributed by atoms with Crippen molar-refractivity contribution in [3.8, 4) is 39.9 Å². The number of benzene rings is 5. The first kappa shape index (κ1) is 30.0. The summed E-state index contributed by atoms with van der Waals surface area (Å²) in [6.07, 6.45) is 3.90. The fourth-order valence-electron chi connectivity index (χ4n) is 7.63. The highest BCUT2D eigenvalue weighted by Gasteiger charge is 2.37. The molecule has 3 aromatic heterocycles. The van der Waals surface area contributed by atoms with Gasteiger partial charge in [0.2, 0.25) is 5.95 Å². The van der Waals surface area contributed by atoms with Crippen molar-refractivity contribution in [2.75, 3.05) is 0 Å². The minimum absolute atomic E-state index is 0.169. The molecule has 7 heteroatoms. The zero-order valence-electron chi connectivity index (χ0n) is 28.5. The number of rotatable bonds is 6. The van der Waals surface area contributed by atoms with E-state index in [4.69, 9.17) is 19.4 Å². The second kappa shape index (κ2) is 11.5. The van der Waals surface area contributed by atoms with Crippen molar-refractivity contribution in [2.45, 2.75) is 33.0 Å². The Kier molecular flexibility index (Phi) is 6.92. The lowest BCUT2D eigenvalue weighted by atomic mass is 9.67. The summed E-state index contributed by atoms with van der Waals surface area (Å²) in [6.45, 7) is 9.01. The summed E-state index contributed by atoms with van der Waals surface area (Å²) in [6, 6.07) is 40.0. The second-order valence-corrected chi connectivity index (χ2v) is 13.5. The molecule has 0 radical (unpaired) electrons. The molecule has 5 aromatic carbocycles. The number of oxazole rings is 1. The lowest BCUT2D eigenvalue weighted by molar-refractivity contribution is 0.601. The maximum Gasteiger partial charge on any atom is 0.238 e. The van der Waals surface area contributed by atoms with E-state index in [9.17, 15) is 0 Å². The SMILES string of the molecule is CB/C(=C\c1c(C)n(-c2nc(-c3ccccc3)nc(-c3ccccc3)n2)c2ccccc12)c1ccc2c(c1)C(C)(C)c1ccc3ncoc3c1-2. The third-order valence-electron chi connectivity index (χ3n) is 10.3. The van der Waals surface area contributed by atoms with Gasteiger partial charge in [-0.1, -0.05) is 135 Å². The van der Waals surface area contributed by atoms with Crippen LogP contribution in [0.2, 0.25) is 6.82 Å². The summed E-state index contributed by atoms with van der Waals surface area (Å²) in [5.41, 5.74) is 14.2. The molecule has 0 unspecified atom stereocenters. The molecule has 0 saturated carbocycles. The van der Waals surface area contributed by atoms with Gasteiger partial charge in [-0.2, -0.15) is 9.97 Å². The van der Waals surface area contributed by atoms with Gasteiger partial charge >= 0.3 is 0 Å². The van der Waals surface area contributed by atoms with Crippen molar-refractivity contribution in [1.82, 2.24) is 24.5 Å². The first-order valence-corrected chi connectivity index (χ1v) is 17.1. The molecule has 50 heavy (non-hydrogen) atoms. The highest BCUT2D eigenvalue weighted by molar-refractivity contribution is 6.61. The Morgan fingerprint density at radius 3 is 2.14 bits per heavy atom. The Morgan fingerprint density at radius 2 is 1.44 bits per heavy atom. The zero-order valence-corrected chi connectivity index (χ0v) is 28.5. The largest absolute Gasteiger partial charge is 0.443 e. The van der Waals surface area contributed by atoms with Gasteiger partial charge in [-0.3, -0.25) is 4.57 Å². The maximum atomic E-state index is 5.91. The standard InChI is InChI=1S/C43H34BN5O/c1-26-32(24-35(44-4)29-19-20-31-34(23-29)43(2,3)33-21-22-36-39(38(31)33)50-25-45-36)30-17-11-12-18-37(30)49(26)42-47-40(27-13-7-5-8-14-27)46-41(48-42)28-15-9-6-10-16-28/h5-25,44H,1-4H3/b35-24-. The topological polar surface area (TPSA) is 69.6 Å². The Hall–Kier alpha value is -6.08. The summed E-state index contributed by atoms with van der Waals surface area (Å²) < 4.78 is 8.09. The second-order valence-electron chi connectivity index (χ2n) is 13.5. The van der Waals surface area contributed by atoms with Gasteiger partial charge in [0.25, 0.3) is 0 Å². The van der Waals surface area contributed by atoms with Crippen LogP contribution in [0.4, 0.5) is 0 Å². The summed E-state index contributed by atoms with van der Waals surface area (Å²) in [4.78, 5) is 19.5. The smallest absolute Gasteiger partial charge is 0.238 e. The molecule has 1 aliphatic carbocycles. The lowest BCUT2D eigenvalue weighted by Gasteiger charge is -2.22. The van der Waals surface area contributed by atoms with E-state index in [2.05, 4.69) is 97.8 Å². The van der Waals surface area contributed by atoms with Crippen LogP contribution < -0.4 is 0 Å². The fourth-order valence-corrected chi connectivity index (χ4v) is 7.63. The van der Waals surface area contributed by atoms with Gasteiger partial charge in [0, 0.05) is 38.7 Å². The van der Waals surface area contributed by atoms with Gasteiger partial charge in [-0.15, -0.1) is 0 Å². The zero-order chi connectivity index (χ0) is 34.0. The van der Waals surface area contributed by atoms with E-state index in [1.54, 1.807) is 6.39 Å². The molecule has 0 bridgehead atoms. The number of aromatic nitrogens is 5. The van der Waals surface area contributed by atoms with Crippen molar-refractivity contribution < 1.29 is 4.42 Å². The maximum absolute atomic E-state index is 5.91. The third kappa shape index (κ3) is 4.65. The quantitative estimate of drug-likeness (QED) is 0.168. The van der Waals surface area contributed by atoms with Crippen LogP contribution in [0.25, 0.3) is 73.4 Å². The molecule has 0 amide bonds. The van der Waals surface area contributed by atoms with Gasteiger partial charge < -0.3 is 4.42 Å². The average Bonchev–Trinajstić information content (AvgIpc) is 3.81. The Labute approximate surface area is 291 Å².